The quantitative estimate of drug-likeness (QED) is 0.684. The highest BCUT2D eigenvalue weighted by atomic mass is 32.1. The van der Waals surface area contributed by atoms with Gasteiger partial charge in [0, 0.05) is 12.1 Å². The SMILES string of the molecule is CCCn1c(=NC(=O)c2ccc(F)cc2)sc2cc(C)c(C)cc21. The third kappa shape index (κ3) is 3.17. The lowest BCUT2D eigenvalue weighted by Gasteiger charge is -2.05. The van der Waals surface area contributed by atoms with Crippen molar-refractivity contribution >= 4 is 27.5 Å². The minimum atomic E-state index is -0.361. The molecule has 0 aliphatic heterocycles. The van der Waals surface area contributed by atoms with E-state index < -0.39 is 0 Å². The Morgan fingerprint density at radius 2 is 1.83 bits per heavy atom. The summed E-state index contributed by atoms with van der Waals surface area (Å²) in [4.78, 5) is 17.4. The number of aromatic nitrogens is 1. The standard InChI is InChI=1S/C19H19FN2OS/c1-4-9-22-16-10-12(2)13(3)11-17(16)24-19(22)21-18(23)14-5-7-15(20)8-6-14/h5-8,10-11H,4,9H2,1-3H3. The van der Waals surface area contributed by atoms with Crippen LogP contribution in [0.15, 0.2) is 41.4 Å². The number of carbonyl (C=O) groups excluding carboxylic acids is 1. The van der Waals surface area contributed by atoms with E-state index in [1.807, 2.05) is 0 Å². The van der Waals surface area contributed by atoms with Gasteiger partial charge in [0.25, 0.3) is 5.91 Å². The predicted octanol–water partition coefficient (Wildman–Crippen LogP) is 4.61. The number of rotatable bonds is 3. The van der Waals surface area contributed by atoms with Crippen molar-refractivity contribution in [3.63, 3.8) is 0 Å². The molecule has 1 amide bonds. The van der Waals surface area contributed by atoms with Crippen LogP contribution >= 0.6 is 11.3 Å². The fourth-order valence-electron chi connectivity index (χ4n) is 2.59. The number of carbonyl (C=O) groups is 1. The summed E-state index contributed by atoms with van der Waals surface area (Å²) in [6.07, 6.45) is 0.955. The Labute approximate surface area is 144 Å². The van der Waals surface area contributed by atoms with E-state index in [1.54, 1.807) is 0 Å². The summed E-state index contributed by atoms with van der Waals surface area (Å²) in [6, 6.07) is 9.78. The van der Waals surface area contributed by atoms with Gasteiger partial charge in [0.05, 0.1) is 10.2 Å². The molecule has 0 atom stereocenters. The molecule has 1 aromatic heterocycles. The third-order valence-electron chi connectivity index (χ3n) is 4.03. The lowest BCUT2D eigenvalue weighted by molar-refractivity contribution is 0.0998. The number of nitrogens with zero attached hydrogens (tertiary/aromatic N) is 2. The molecular weight excluding hydrogens is 323 g/mol. The van der Waals surface area contributed by atoms with E-state index in [1.165, 1.54) is 46.7 Å². The zero-order chi connectivity index (χ0) is 17.3. The van der Waals surface area contributed by atoms with Crippen LogP contribution in [0, 0.1) is 19.7 Å². The molecule has 0 bridgehead atoms. The van der Waals surface area contributed by atoms with Crippen molar-refractivity contribution in [2.75, 3.05) is 0 Å². The van der Waals surface area contributed by atoms with Crippen molar-refractivity contribution in [2.24, 2.45) is 4.99 Å². The number of amides is 1. The molecule has 5 heteroatoms. The molecule has 0 fully saturated rings. The first-order valence-corrected chi connectivity index (χ1v) is 8.76. The Morgan fingerprint density at radius 1 is 1.17 bits per heavy atom. The van der Waals surface area contributed by atoms with Crippen molar-refractivity contribution in [1.82, 2.24) is 4.57 Å². The van der Waals surface area contributed by atoms with E-state index in [2.05, 4.69) is 42.5 Å². The molecule has 0 radical (unpaired) electrons. The van der Waals surface area contributed by atoms with Gasteiger partial charge in [-0.3, -0.25) is 4.79 Å². The predicted molar refractivity (Wildman–Crippen MR) is 95.9 cm³/mol. The van der Waals surface area contributed by atoms with E-state index in [0.717, 1.165) is 23.2 Å². The Hall–Kier alpha value is -2.27. The Bertz CT molecular complexity index is 967. The van der Waals surface area contributed by atoms with Gasteiger partial charge in [-0.1, -0.05) is 18.3 Å². The van der Waals surface area contributed by atoms with Crippen LogP contribution in [0.5, 0.6) is 0 Å². The fourth-order valence-corrected chi connectivity index (χ4v) is 3.72. The largest absolute Gasteiger partial charge is 0.316 e. The minimum absolute atomic E-state index is 0.347. The molecular formula is C19H19FN2OS. The van der Waals surface area contributed by atoms with Crippen LogP contribution in [0.3, 0.4) is 0 Å². The minimum Gasteiger partial charge on any atom is -0.316 e. The lowest BCUT2D eigenvalue weighted by atomic mass is 10.1. The summed E-state index contributed by atoms with van der Waals surface area (Å²) in [5, 5.41) is 0. The molecule has 0 aliphatic carbocycles. The summed E-state index contributed by atoms with van der Waals surface area (Å²) in [6.45, 7) is 7.07. The number of hydrogen-bond acceptors (Lipinski definition) is 2. The zero-order valence-electron chi connectivity index (χ0n) is 14.0. The molecule has 3 nitrogen and oxygen atoms in total. The van der Waals surface area contributed by atoms with Crippen LogP contribution in [0.4, 0.5) is 4.39 Å². The maximum atomic E-state index is 13.0. The van der Waals surface area contributed by atoms with Gasteiger partial charge in [0.15, 0.2) is 4.80 Å². The van der Waals surface area contributed by atoms with E-state index in [0.29, 0.717) is 10.4 Å². The molecule has 3 rings (SSSR count). The van der Waals surface area contributed by atoms with Gasteiger partial charge in [0.1, 0.15) is 5.82 Å². The van der Waals surface area contributed by atoms with Crippen molar-refractivity contribution in [3.8, 4) is 0 Å². The second-order valence-electron chi connectivity index (χ2n) is 5.86. The second-order valence-corrected chi connectivity index (χ2v) is 6.87. The average Bonchev–Trinajstić information content (AvgIpc) is 2.86. The van der Waals surface area contributed by atoms with Crippen LogP contribution in [0.1, 0.15) is 34.8 Å². The highest BCUT2D eigenvalue weighted by molar-refractivity contribution is 7.16. The van der Waals surface area contributed by atoms with E-state index in [9.17, 15) is 9.18 Å². The molecule has 0 saturated carbocycles. The highest BCUT2D eigenvalue weighted by Gasteiger charge is 2.10. The smallest absolute Gasteiger partial charge is 0.279 e. The maximum absolute atomic E-state index is 13.0. The Balaban J connectivity index is 2.15. The van der Waals surface area contributed by atoms with Gasteiger partial charge in [-0.05, 0) is 67.8 Å². The van der Waals surface area contributed by atoms with Gasteiger partial charge in [0.2, 0.25) is 0 Å². The zero-order valence-corrected chi connectivity index (χ0v) is 14.8. The molecule has 0 saturated heterocycles. The van der Waals surface area contributed by atoms with Gasteiger partial charge >= 0.3 is 0 Å². The third-order valence-corrected chi connectivity index (χ3v) is 5.07. The first-order valence-electron chi connectivity index (χ1n) is 7.95. The van der Waals surface area contributed by atoms with Gasteiger partial charge < -0.3 is 4.57 Å². The number of aryl methyl sites for hydroxylation is 3. The summed E-state index contributed by atoms with van der Waals surface area (Å²) < 4.78 is 16.2. The van der Waals surface area contributed by atoms with Crippen molar-refractivity contribution in [3.05, 3.63) is 63.7 Å². The molecule has 3 aromatic rings. The summed E-state index contributed by atoms with van der Waals surface area (Å²) >= 11 is 1.51. The van der Waals surface area contributed by atoms with Crippen molar-refractivity contribution in [1.29, 1.82) is 0 Å². The average molecular weight is 342 g/mol. The summed E-state index contributed by atoms with van der Waals surface area (Å²) in [5.41, 5.74) is 3.95. The fraction of sp³-hybridized carbons (Fsp3) is 0.263. The number of benzene rings is 2. The molecule has 0 N–H and O–H groups in total. The maximum Gasteiger partial charge on any atom is 0.279 e. The first kappa shape index (κ1) is 16.6. The van der Waals surface area contributed by atoms with E-state index in [-0.39, 0.29) is 11.7 Å². The van der Waals surface area contributed by atoms with Crippen molar-refractivity contribution in [2.45, 2.75) is 33.7 Å². The molecule has 24 heavy (non-hydrogen) atoms. The highest BCUT2D eigenvalue weighted by Crippen LogP contribution is 2.22. The van der Waals surface area contributed by atoms with Gasteiger partial charge in [-0.15, -0.1) is 0 Å². The topological polar surface area (TPSA) is 34.4 Å². The van der Waals surface area contributed by atoms with Crippen LogP contribution in [-0.4, -0.2) is 10.5 Å². The monoisotopic (exact) mass is 342 g/mol. The van der Waals surface area contributed by atoms with E-state index >= 15 is 0 Å². The van der Waals surface area contributed by atoms with Crippen LogP contribution in [-0.2, 0) is 6.54 Å². The number of thiazole rings is 1. The molecule has 0 spiro atoms. The first-order chi connectivity index (χ1) is 11.5. The Kier molecular flexibility index (Phi) is 4.62. The van der Waals surface area contributed by atoms with Gasteiger partial charge in [-0.2, -0.15) is 4.99 Å². The van der Waals surface area contributed by atoms with Crippen LogP contribution in [0.2, 0.25) is 0 Å². The van der Waals surface area contributed by atoms with Crippen molar-refractivity contribution < 1.29 is 9.18 Å². The van der Waals surface area contributed by atoms with Crippen LogP contribution in [0.25, 0.3) is 10.2 Å². The summed E-state index contributed by atoms with van der Waals surface area (Å²) in [7, 11) is 0. The number of hydrogen-bond donors (Lipinski definition) is 0. The van der Waals surface area contributed by atoms with E-state index in [4.69, 9.17) is 0 Å². The molecule has 0 unspecified atom stereocenters. The van der Waals surface area contributed by atoms with Crippen LogP contribution < -0.4 is 4.80 Å². The molecule has 2 aromatic carbocycles. The normalized spacial score (nSPS) is 12.1. The lowest BCUT2D eigenvalue weighted by Crippen LogP contribution is -2.17. The Morgan fingerprint density at radius 3 is 2.50 bits per heavy atom. The molecule has 0 aliphatic rings. The molecule has 1 heterocycles. The summed E-state index contributed by atoms with van der Waals surface area (Å²) in [5.74, 6) is -0.708. The van der Waals surface area contributed by atoms with Gasteiger partial charge in [-0.25, -0.2) is 4.39 Å². The number of fused-ring (bicyclic) bond motifs is 1. The molecule has 124 valence electrons. The number of halogens is 1. The second kappa shape index (κ2) is 6.69.